The molecule has 16 heavy (non-hydrogen) atoms. The van der Waals surface area contributed by atoms with Crippen LogP contribution in [0.4, 0.5) is 0 Å². The summed E-state index contributed by atoms with van der Waals surface area (Å²) in [6, 6.07) is 6.36. The van der Waals surface area contributed by atoms with Gasteiger partial charge in [0.15, 0.2) is 0 Å². The lowest BCUT2D eigenvalue weighted by Crippen LogP contribution is -2.24. The lowest BCUT2D eigenvalue weighted by Gasteiger charge is -2.16. The van der Waals surface area contributed by atoms with Crippen molar-refractivity contribution in [2.24, 2.45) is 0 Å². The number of methoxy groups -OCH3 is 1. The van der Waals surface area contributed by atoms with Gasteiger partial charge < -0.3 is 10.1 Å². The average molecular weight is 219 g/mol. The van der Waals surface area contributed by atoms with Crippen LogP contribution in [0.15, 0.2) is 18.2 Å². The van der Waals surface area contributed by atoms with Crippen LogP contribution in [-0.2, 0) is 4.79 Å². The fourth-order valence-corrected chi connectivity index (χ4v) is 2.33. The normalized spacial score (nSPS) is 24.3. The second-order valence-electron chi connectivity index (χ2n) is 4.40. The van der Waals surface area contributed by atoms with Gasteiger partial charge in [0.2, 0.25) is 5.91 Å². The Morgan fingerprint density at radius 2 is 2.19 bits per heavy atom. The third-order valence-electron chi connectivity index (χ3n) is 3.24. The fourth-order valence-electron chi connectivity index (χ4n) is 2.33. The highest BCUT2D eigenvalue weighted by Crippen LogP contribution is 2.31. The van der Waals surface area contributed by atoms with E-state index >= 15 is 0 Å². The summed E-state index contributed by atoms with van der Waals surface area (Å²) in [5.74, 6) is 1.33. The number of amides is 1. The Morgan fingerprint density at radius 3 is 2.69 bits per heavy atom. The SMILES string of the molecule is COc1ccc(C2CC(=O)NC2C)cc1C. The van der Waals surface area contributed by atoms with Gasteiger partial charge >= 0.3 is 0 Å². The van der Waals surface area contributed by atoms with Crippen LogP contribution in [0.3, 0.4) is 0 Å². The van der Waals surface area contributed by atoms with Gasteiger partial charge in [-0.2, -0.15) is 0 Å². The van der Waals surface area contributed by atoms with E-state index in [1.54, 1.807) is 7.11 Å². The van der Waals surface area contributed by atoms with Gasteiger partial charge in [-0.25, -0.2) is 0 Å². The summed E-state index contributed by atoms with van der Waals surface area (Å²) >= 11 is 0. The number of carbonyl (C=O) groups is 1. The summed E-state index contributed by atoms with van der Waals surface area (Å²) in [5, 5.41) is 2.94. The van der Waals surface area contributed by atoms with Crippen LogP contribution in [0.5, 0.6) is 5.75 Å². The number of carbonyl (C=O) groups excluding carboxylic acids is 1. The van der Waals surface area contributed by atoms with Crippen molar-refractivity contribution in [3.8, 4) is 5.75 Å². The molecule has 1 N–H and O–H groups in total. The molecule has 0 radical (unpaired) electrons. The molecule has 2 unspecified atom stereocenters. The van der Waals surface area contributed by atoms with Crippen molar-refractivity contribution in [3.05, 3.63) is 29.3 Å². The molecule has 1 aliphatic rings. The maximum Gasteiger partial charge on any atom is 0.220 e. The minimum atomic E-state index is 0.144. The van der Waals surface area contributed by atoms with Crippen molar-refractivity contribution in [1.82, 2.24) is 5.32 Å². The predicted octanol–water partition coefficient (Wildman–Crippen LogP) is 2.00. The molecular formula is C13H17NO2. The van der Waals surface area contributed by atoms with E-state index < -0.39 is 0 Å². The summed E-state index contributed by atoms with van der Waals surface area (Å²) in [6.07, 6.45) is 0.590. The number of hydrogen-bond donors (Lipinski definition) is 1. The van der Waals surface area contributed by atoms with Gasteiger partial charge in [-0.3, -0.25) is 4.79 Å². The number of aryl methyl sites for hydroxylation is 1. The molecule has 1 fully saturated rings. The second kappa shape index (κ2) is 4.16. The highest BCUT2D eigenvalue weighted by Gasteiger charge is 2.30. The van der Waals surface area contributed by atoms with E-state index in [2.05, 4.69) is 18.3 Å². The molecule has 3 nitrogen and oxygen atoms in total. The molecule has 0 saturated carbocycles. The molecule has 1 aromatic rings. The lowest BCUT2D eigenvalue weighted by molar-refractivity contribution is -0.119. The Balaban J connectivity index is 2.28. The molecule has 2 rings (SSSR count). The molecule has 0 aliphatic carbocycles. The first-order chi connectivity index (χ1) is 7.61. The van der Waals surface area contributed by atoms with Crippen molar-refractivity contribution < 1.29 is 9.53 Å². The minimum absolute atomic E-state index is 0.144. The van der Waals surface area contributed by atoms with Crippen LogP contribution >= 0.6 is 0 Å². The third kappa shape index (κ3) is 1.90. The maximum atomic E-state index is 11.3. The fraction of sp³-hybridized carbons (Fsp3) is 0.462. The molecule has 0 bridgehead atoms. The van der Waals surface area contributed by atoms with Crippen molar-refractivity contribution >= 4 is 5.91 Å². The zero-order valence-corrected chi connectivity index (χ0v) is 9.91. The number of hydrogen-bond acceptors (Lipinski definition) is 2. The highest BCUT2D eigenvalue weighted by molar-refractivity contribution is 5.80. The van der Waals surface area contributed by atoms with E-state index in [1.807, 2.05) is 19.1 Å². The smallest absolute Gasteiger partial charge is 0.220 e. The van der Waals surface area contributed by atoms with Gasteiger partial charge in [0.1, 0.15) is 5.75 Å². The molecule has 1 aliphatic heterocycles. The maximum absolute atomic E-state index is 11.3. The second-order valence-corrected chi connectivity index (χ2v) is 4.40. The summed E-state index contributed by atoms with van der Waals surface area (Å²) in [5.41, 5.74) is 2.33. The van der Waals surface area contributed by atoms with Gasteiger partial charge in [0.25, 0.3) is 0 Å². The van der Waals surface area contributed by atoms with E-state index in [1.165, 1.54) is 5.56 Å². The first kappa shape index (κ1) is 11.0. The predicted molar refractivity (Wildman–Crippen MR) is 62.7 cm³/mol. The summed E-state index contributed by atoms with van der Waals surface area (Å²) in [7, 11) is 1.67. The van der Waals surface area contributed by atoms with E-state index in [9.17, 15) is 4.79 Å². The van der Waals surface area contributed by atoms with Crippen molar-refractivity contribution in [2.75, 3.05) is 7.11 Å². The van der Waals surface area contributed by atoms with Gasteiger partial charge in [0, 0.05) is 18.4 Å². The van der Waals surface area contributed by atoms with Crippen molar-refractivity contribution in [1.29, 1.82) is 0 Å². The summed E-state index contributed by atoms with van der Waals surface area (Å²) in [4.78, 5) is 11.3. The zero-order chi connectivity index (χ0) is 11.7. The van der Waals surface area contributed by atoms with Crippen LogP contribution in [-0.4, -0.2) is 19.1 Å². The zero-order valence-electron chi connectivity index (χ0n) is 9.91. The van der Waals surface area contributed by atoms with Crippen LogP contribution in [0.1, 0.15) is 30.4 Å². The molecule has 0 aromatic heterocycles. The van der Waals surface area contributed by atoms with Gasteiger partial charge in [-0.05, 0) is 31.0 Å². The molecule has 0 spiro atoms. The van der Waals surface area contributed by atoms with Crippen LogP contribution < -0.4 is 10.1 Å². The molecule has 2 atom stereocenters. The van der Waals surface area contributed by atoms with Gasteiger partial charge in [-0.15, -0.1) is 0 Å². The third-order valence-corrected chi connectivity index (χ3v) is 3.24. The standard InChI is InChI=1S/C13H17NO2/c1-8-6-10(4-5-12(8)16-3)11-7-13(15)14-9(11)2/h4-6,9,11H,7H2,1-3H3,(H,14,15). The van der Waals surface area contributed by atoms with E-state index in [-0.39, 0.29) is 17.9 Å². The first-order valence-electron chi connectivity index (χ1n) is 5.55. The monoisotopic (exact) mass is 219 g/mol. The van der Waals surface area contributed by atoms with E-state index in [4.69, 9.17) is 4.74 Å². The van der Waals surface area contributed by atoms with Crippen LogP contribution in [0.2, 0.25) is 0 Å². The van der Waals surface area contributed by atoms with Crippen molar-refractivity contribution in [3.63, 3.8) is 0 Å². The van der Waals surface area contributed by atoms with Gasteiger partial charge in [0.05, 0.1) is 7.11 Å². The topological polar surface area (TPSA) is 38.3 Å². The van der Waals surface area contributed by atoms with E-state index in [0.29, 0.717) is 6.42 Å². The Hall–Kier alpha value is -1.51. The highest BCUT2D eigenvalue weighted by atomic mass is 16.5. The quantitative estimate of drug-likeness (QED) is 0.826. The number of rotatable bonds is 2. The van der Waals surface area contributed by atoms with Crippen LogP contribution in [0.25, 0.3) is 0 Å². The molecule has 1 saturated heterocycles. The van der Waals surface area contributed by atoms with Crippen molar-refractivity contribution in [2.45, 2.75) is 32.2 Å². The molecule has 1 amide bonds. The average Bonchev–Trinajstić information content (AvgIpc) is 2.58. The Kier molecular flexibility index (Phi) is 2.86. The molecule has 3 heteroatoms. The molecule has 1 aromatic carbocycles. The largest absolute Gasteiger partial charge is 0.496 e. The Morgan fingerprint density at radius 1 is 1.44 bits per heavy atom. The Bertz CT molecular complexity index is 414. The molecule has 1 heterocycles. The molecule has 86 valence electrons. The summed E-state index contributed by atoms with van der Waals surface area (Å²) < 4.78 is 5.23. The van der Waals surface area contributed by atoms with E-state index in [0.717, 1.165) is 11.3 Å². The van der Waals surface area contributed by atoms with Crippen LogP contribution in [0, 0.1) is 6.92 Å². The first-order valence-corrected chi connectivity index (χ1v) is 5.55. The summed E-state index contributed by atoms with van der Waals surface area (Å²) in [6.45, 7) is 4.08. The number of nitrogens with one attached hydrogen (secondary N) is 1. The molecular weight excluding hydrogens is 202 g/mol. The minimum Gasteiger partial charge on any atom is -0.496 e. The lowest BCUT2D eigenvalue weighted by atomic mass is 9.91. The Labute approximate surface area is 95.8 Å². The number of ether oxygens (including phenoxy) is 1. The van der Waals surface area contributed by atoms with Gasteiger partial charge in [-0.1, -0.05) is 12.1 Å². The number of benzene rings is 1.